The number of carbonyl (C=O) groups is 1. The van der Waals surface area contributed by atoms with Crippen molar-refractivity contribution in [3.8, 4) is 0 Å². The fraction of sp³-hybridized carbons (Fsp3) is 0.364. The van der Waals surface area contributed by atoms with Gasteiger partial charge in [-0.2, -0.15) is 0 Å². The minimum Gasteiger partial charge on any atom is -0.298 e. The van der Waals surface area contributed by atoms with Crippen molar-refractivity contribution in [1.82, 2.24) is 0 Å². The Bertz CT molecular complexity index is 329. The zero-order chi connectivity index (χ0) is 9.26. The van der Waals surface area contributed by atoms with Gasteiger partial charge in [0.1, 0.15) is 0 Å². The molecule has 0 atom stereocenters. The number of hydrogen-bond donors (Lipinski definition) is 0. The highest BCUT2D eigenvalue weighted by Crippen LogP contribution is 2.38. The molecule has 0 bridgehead atoms. The minimum absolute atomic E-state index is 0.568. The molecule has 1 fully saturated rings. The number of rotatable bonds is 2. The fourth-order valence-corrected chi connectivity index (χ4v) is 1.98. The minimum atomic E-state index is 0.568. The van der Waals surface area contributed by atoms with Gasteiger partial charge < -0.3 is 0 Å². The Kier molecular flexibility index (Phi) is 2.36. The highest BCUT2D eigenvalue weighted by atomic mass is 35.5. The number of carbonyl (C=O) groups excluding carboxylic acids is 1. The predicted octanol–water partition coefficient (Wildman–Crippen LogP) is 3.42. The van der Waals surface area contributed by atoms with E-state index >= 15 is 0 Å². The molecule has 0 radical (unpaired) electrons. The molecule has 2 rings (SSSR count). The lowest BCUT2D eigenvalue weighted by Crippen LogP contribution is -2.11. The average molecular weight is 195 g/mol. The van der Waals surface area contributed by atoms with Crippen molar-refractivity contribution in [2.24, 2.45) is 0 Å². The van der Waals surface area contributed by atoms with Gasteiger partial charge in [-0.25, -0.2) is 0 Å². The van der Waals surface area contributed by atoms with Crippen molar-refractivity contribution < 1.29 is 4.79 Å². The zero-order valence-electron chi connectivity index (χ0n) is 7.29. The van der Waals surface area contributed by atoms with Crippen molar-refractivity contribution in [2.75, 3.05) is 0 Å². The largest absolute Gasteiger partial charge is 0.298 e. The Labute approximate surface area is 82.7 Å². The van der Waals surface area contributed by atoms with Crippen LogP contribution in [0.5, 0.6) is 0 Å². The molecule has 13 heavy (non-hydrogen) atoms. The summed E-state index contributed by atoms with van der Waals surface area (Å²) in [4.78, 5) is 10.8. The van der Waals surface area contributed by atoms with Crippen LogP contribution in [0.4, 0.5) is 0 Å². The normalized spacial score (nSPS) is 16.7. The maximum atomic E-state index is 10.8. The van der Waals surface area contributed by atoms with Crippen molar-refractivity contribution >= 4 is 17.9 Å². The third kappa shape index (κ3) is 1.49. The fourth-order valence-electron chi connectivity index (χ4n) is 1.75. The molecular weight excluding hydrogens is 184 g/mol. The second-order valence-electron chi connectivity index (χ2n) is 3.49. The lowest BCUT2D eigenvalue weighted by molar-refractivity contribution is 0.112. The second kappa shape index (κ2) is 3.51. The molecule has 0 spiro atoms. The van der Waals surface area contributed by atoms with Crippen molar-refractivity contribution in [3.63, 3.8) is 0 Å². The summed E-state index contributed by atoms with van der Waals surface area (Å²) < 4.78 is 0. The van der Waals surface area contributed by atoms with Crippen LogP contribution in [0.2, 0.25) is 5.02 Å². The summed E-state index contributed by atoms with van der Waals surface area (Å²) in [5.74, 6) is 0.568. The molecule has 0 amide bonds. The van der Waals surface area contributed by atoms with Gasteiger partial charge in [0.15, 0.2) is 6.29 Å². The van der Waals surface area contributed by atoms with Gasteiger partial charge in [-0.05, 0) is 30.4 Å². The first kappa shape index (κ1) is 8.76. The van der Waals surface area contributed by atoms with Crippen LogP contribution in [0, 0.1) is 0 Å². The van der Waals surface area contributed by atoms with Gasteiger partial charge in [0.2, 0.25) is 0 Å². The molecule has 0 N–H and O–H groups in total. The van der Waals surface area contributed by atoms with Crippen LogP contribution in [0.1, 0.15) is 41.1 Å². The van der Waals surface area contributed by atoms with Crippen LogP contribution in [-0.2, 0) is 0 Å². The third-order valence-electron chi connectivity index (χ3n) is 2.75. The molecule has 68 valence electrons. The SMILES string of the molecule is O=Cc1c(Cl)cccc1C1CCC1. The van der Waals surface area contributed by atoms with Crippen LogP contribution >= 0.6 is 11.6 Å². The summed E-state index contributed by atoms with van der Waals surface area (Å²) >= 11 is 5.92. The molecule has 0 saturated heterocycles. The molecule has 0 aliphatic heterocycles. The lowest BCUT2D eigenvalue weighted by Gasteiger charge is -2.27. The van der Waals surface area contributed by atoms with Gasteiger partial charge in [-0.15, -0.1) is 0 Å². The first-order chi connectivity index (χ1) is 6.33. The zero-order valence-corrected chi connectivity index (χ0v) is 8.05. The molecule has 2 heteroatoms. The topological polar surface area (TPSA) is 17.1 Å². The van der Waals surface area contributed by atoms with E-state index in [9.17, 15) is 4.79 Å². The van der Waals surface area contributed by atoms with Gasteiger partial charge in [-0.3, -0.25) is 4.79 Å². The molecule has 1 saturated carbocycles. The Hall–Kier alpha value is -0.820. The number of benzene rings is 1. The highest BCUT2D eigenvalue weighted by molar-refractivity contribution is 6.33. The smallest absolute Gasteiger partial charge is 0.151 e. The third-order valence-corrected chi connectivity index (χ3v) is 3.08. The second-order valence-corrected chi connectivity index (χ2v) is 3.90. The number of halogens is 1. The van der Waals surface area contributed by atoms with Gasteiger partial charge >= 0.3 is 0 Å². The van der Waals surface area contributed by atoms with E-state index in [4.69, 9.17) is 11.6 Å². The summed E-state index contributed by atoms with van der Waals surface area (Å²) in [6.07, 6.45) is 4.54. The first-order valence-corrected chi connectivity index (χ1v) is 4.94. The summed E-state index contributed by atoms with van der Waals surface area (Å²) in [6, 6.07) is 5.70. The van der Waals surface area contributed by atoms with Gasteiger partial charge in [0.05, 0.1) is 5.02 Å². The van der Waals surface area contributed by atoms with Crippen LogP contribution < -0.4 is 0 Å². The monoisotopic (exact) mass is 194 g/mol. The summed E-state index contributed by atoms with van der Waals surface area (Å²) in [7, 11) is 0. The van der Waals surface area contributed by atoms with Crippen molar-refractivity contribution in [3.05, 3.63) is 34.3 Å². The molecule has 1 aliphatic carbocycles. The molecule has 1 aliphatic rings. The van der Waals surface area contributed by atoms with E-state index in [1.807, 2.05) is 12.1 Å². The number of hydrogen-bond acceptors (Lipinski definition) is 1. The average Bonchev–Trinajstić information content (AvgIpc) is 2.01. The standard InChI is InChI=1S/C11H11ClO/c12-11-6-2-5-9(10(11)7-13)8-3-1-4-8/h2,5-8H,1,3-4H2. The maximum Gasteiger partial charge on any atom is 0.151 e. The lowest BCUT2D eigenvalue weighted by atomic mass is 9.78. The van der Waals surface area contributed by atoms with E-state index in [2.05, 4.69) is 0 Å². The molecule has 1 aromatic rings. The van der Waals surface area contributed by atoms with Gasteiger partial charge in [0.25, 0.3) is 0 Å². The quantitative estimate of drug-likeness (QED) is 0.660. The van der Waals surface area contributed by atoms with E-state index in [1.165, 1.54) is 19.3 Å². The maximum absolute atomic E-state index is 10.8. The van der Waals surface area contributed by atoms with Crippen LogP contribution in [0.25, 0.3) is 0 Å². The summed E-state index contributed by atoms with van der Waals surface area (Å²) in [5, 5.41) is 0.583. The van der Waals surface area contributed by atoms with E-state index in [0.717, 1.165) is 11.8 Å². The molecule has 1 nitrogen and oxygen atoms in total. The van der Waals surface area contributed by atoms with E-state index < -0.39 is 0 Å². The highest BCUT2D eigenvalue weighted by Gasteiger charge is 2.22. The molecule has 1 aromatic carbocycles. The molecular formula is C11H11ClO. The molecule has 0 heterocycles. The van der Waals surface area contributed by atoms with Crippen molar-refractivity contribution in [1.29, 1.82) is 0 Å². The number of aldehydes is 1. The van der Waals surface area contributed by atoms with Crippen molar-refractivity contribution in [2.45, 2.75) is 25.2 Å². The van der Waals surface area contributed by atoms with Gasteiger partial charge in [0, 0.05) is 5.56 Å². The Morgan fingerprint density at radius 1 is 1.38 bits per heavy atom. The predicted molar refractivity (Wildman–Crippen MR) is 53.4 cm³/mol. The summed E-state index contributed by atoms with van der Waals surface area (Å²) in [6.45, 7) is 0. The van der Waals surface area contributed by atoms with Crippen LogP contribution in [0.15, 0.2) is 18.2 Å². The Morgan fingerprint density at radius 3 is 2.69 bits per heavy atom. The molecule has 0 aromatic heterocycles. The van der Waals surface area contributed by atoms with E-state index in [0.29, 0.717) is 16.5 Å². The Balaban J connectivity index is 2.42. The van der Waals surface area contributed by atoms with E-state index in [-0.39, 0.29) is 0 Å². The summed E-state index contributed by atoms with van der Waals surface area (Å²) in [5.41, 5.74) is 1.82. The van der Waals surface area contributed by atoms with E-state index in [1.54, 1.807) is 6.07 Å². The Morgan fingerprint density at radius 2 is 2.15 bits per heavy atom. The van der Waals surface area contributed by atoms with Crippen LogP contribution in [-0.4, -0.2) is 6.29 Å². The first-order valence-electron chi connectivity index (χ1n) is 4.56. The van der Waals surface area contributed by atoms with Gasteiger partial charge in [-0.1, -0.05) is 30.2 Å². The van der Waals surface area contributed by atoms with Crippen LogP contribution in [0.3, 0.4) is 0 Å². The molecule has 0 unspecified atom stereocenters.